The Bertz CT molecular complexity index is 1240. The average Bonchev–Trinajstić information content (AvgIpc) is 2.90. The summed E-state index contributed by atoms with van der Waals surface area (Å²) in [6, 6.07) is 13.3. The van der Waals surface area contributed by atoms with Gasteiger partial charge in [0.1, 0.15) is 17.2 Å². The fourth-order valence-electron chi connectivity index (χ4n) is 5.12. The highest BCUT2D eigenvalue weighted by atomic mass is 16.5. The normalized spacial score (nSPS) is 19.4. The van der Waals surface area contributed by atoms with Crippen LogP contribution in [-0.4, -0.2) is 39.7 Å². The molecule has 0 aromatic heterocycles. The van der Waals surface area contributed by atoms with Crippen LogP contribution in [0.4, 0.5) is 0 Å². The molecule has 0 saturated carbocycles. The fraction of sp³-hybridized carbons (Fsp3) is 0.400. The number of ketones is 1. The second-order valence-electron chi connectivity index (χ2n) is 9.89. The molecular weight excluding hydrogens is 470 g/mol. The van der Waals surface area contributed by atoms with Gasteiger partial charge in [-0.15, -0.1) is 0 Å². The summed E-state index contributed by atoms with van der Waals surface area (Å²) < 4.78 is 22.1. The first-order valence-corrected chi connectivity index (χ1v) is 12.5. The molecule has 2 aromatic rings. The second kappa shape index (κ2) is 11.1. The molecular formula is C30H35NO6. The number of Topliss-reactive ketones (excluding diaryl/α,β-unsaturated/α-hetero) is 1. The minimum Gasteiger partial charge on any atom is -0.497 e. The number of allylic oxidation sites excluding steroid dienone is 3. The summed E-state index contributed by atoms with van der Waals surface area (Å²) in [5.74, 6) is 1.08. The number of methoxy groups -OCH3 is 3. The maximum absolute atomic E-state index is 13.8. The monoisotopic (exact) mass is 505 g/mol. The van der Waals surface area contributed by atoms with Crippen LogP contribution >= 0.6 is 0 Å². The largest absolute Gasteiger partial charge is 0.497 e. The van der Waals surface area contributed by atoms with E-state index in [9.17, 15) is 9.59 Å². The lowest BCUT2D eigenvalue weighted by Crippen LogP contribution is -2.36. The van der Waals surface area contributed by atoms with Gasteiger partial charge in [-0.25, -0.2) is 4.79 Å². The SMILES string of the molecule is COc1ccc([C@@H]2CC(=O)C3=C(C2)NC(C)=C(C(=O)OCC(C)C)[C@@H]3c2cc(OC)ccc2OC)cc1. The van der Waals surface area contributed by atoms with Crippen LogP contribution in [-0.2, 0) is 14.3 Å². The van der Waals surface area contributed by atoms with Crippen molar-refractivity contribution in [1.82, 2.24) is 5.32 Å². The zero-order valence-electron chi connectivity index (χ0n) is 22.3. The molecule has 0 bridgehead atoms. The lowest BCUT2D eigenvalue weighted by Gasteiger charge is -2.37. The Morgan fingerprint density at radius 3 is 2.27 bits per heavy atom. The summed E-state index contributed by atoms with van der Waals surface area (Å²) in [5.41, 5.74) is 4.26. The third-order valence-corrected chi connectivity index (χ3v) is 6.93. The van der Waals surface area contributed by atoms with Gasteiger partial charge in [0.05, 0.1) is 39.4 Å². The number of dihydropyridines is 1. The summed E-state index contributed by atoms with van der Waals surface area (Å²) in [5, 5.41) is 3.40. The first-order valence-electron chi connectivity index (χ1n) is 12.5. The molecule has 0 fully saturated rings. The minimum absolute atomic E-state index is 0.00824. The van der Waals surface area contributed by atoms with Crippen molar-refractivity contribution >= 4 is 11.8 Å². The molecule has 0 spiro atoms. The van der Waals surface area contributed by atoms with E-state index in [0.29, 0.717) is 46.7 Å². The fourth-order valence-corrected chi connectivity index (χ4v) is 5.12. The Morgan fingerprint density at radius 1 is 0.973 bits per heavy atom. The van der Waals surface area contributed by atoms with Gasteiger partial charge in [-0.05, 0) is 61.1 Å². The van der Waals surface area contributed by atoms with Crippen LogP contribution in [0.15, 0.2) is 65.0 Å². The van der Waals surface area contributed by atoms with Crippen molar-refractivity contribution in [2.75, 3.05) is 27.9 Å². The molecule has 0 unspecified atom stereocenters. The van der Waals surface area contributed by atoms with Crippen LogP contribution in [0.3, 0.4) is 0 Å². The van der Waals surface area contributed by atoms with E-state index in [4.69, 9.17) is 18.9 Å². The Labute approximate surface area is 218 Å². The maximum Gasteiger partial charge on any atom is 0.336 e. The van der Waals surface area contributed by atoms with Crippen molar-refractivity contribution < 1.29 is 28.5 Å². The predicted molar refractivity (Wildman–Crippen MR) is 141 cm³/mol. The summed E-state index contributed by atoms with van der Waals surface area (Å²) in [4.78, 5) is 27.3. The number of carbonyl (C=O) groups excluding carboxylic acids is 2. The third-order valence-electron chi connectivity index (χ3n) is 6.93. The van der Waals surface area contributed by atoms with Gasteiger partial charge in [-0.2, -0.15) is 0 Å². The highest BCUT2D eigenvalue weighted by Crippen LogP contribution is 2.48. The Balaban J connectivity index is 1.81. The zero-order chi connectivity index (χ0) is 26.7. The van der Waals surface area contributed by atoms with Gasteiger partial charge in [0.15, 0.2) is 5.78 Å². The van der Waals surface area contributed by atoms with Gasteiger partial charge in [0.2, 0.25) is 0 Å². The lowest BCUT2D eigenvalue weighted by atomic mass is 9.71. The van der Waals surface area contributed by atoms with E-state index in [1.807, 2.05) is 51.1 Å². The maximum atomic E-state index is 13.8. The van der Waals surface area contributed by atoms with Crippen LogP contribution < -0.4 is 19.5 Å². The van der Waals surface area contributed by atoms with E-state index in [1.165, 1.54) is 0 Å². The molecule has 0 saturated heterocycles. The molecule has 4 rings (SSSR count). The van der Waals surface area contributed by atoms with Crippen molar-refractivity contribution in [1.29, 1.82) is 0 Å². The van der Waals surface area contributed by atoms with Crippen LogP contribution in [0.1, 0.15) is 56.6 Å². The van der Waals surface area contributed by atoms with E-state index in [-0.39, 0.29) is 24.2 Å². The molecule has 1 N–H and O–H groups in total. The van der Waals surface area contributed by atoms with Gasteiger partial charge in [-0.3, -0.25) is 4.79 Å². The molecule has 2 aromatic carbocycles. The Hall–Kier alpha value is -3.74. The Kier molecular flexibility index (Phi) is 7.91. The molecule has 1 aliphatic heterocycles. The molecule has 7 heteroatoms. The lowest BCUT2D eigenvalue weighted by molar-refractivity contribution is -0.140. The number of ether oxygens (including phenoxy) is 4. The summed E-state index contributed by atoms with van der Waals surface area (Å²) >= 11 is 0. The molecule has 2 aliphatic rings. The number of rotatable bonds is 8. The van der Waals surface area contributed by atoms with Crippen molar-refractivity contribution in [3.05, 3.63) is 76.1 Å². The molecule has 37 heavy (non-hydrogen) atoms. The second-order valence-corrected chi connectivity index (χ2v) is 9.89. The van der Waals surface area contributed by atoms with Crippen molar-refractivity contribution in [2.24, 2.45) is 5.92 Å². The number of carbonyl (C=O) groups is 2. The van der Waals surface area contributed by atoms with Crippen molar-refractivity contribution in [2.45, 2.75) is 45.4 Å². The molecule has 7 nitrogen and oxygen atoms in total. The molecule has 0 amide bonds. The van der Waals surface area contributed by atoms with Crippen molar-refractivity contribution in [3.8, 4) is 17.2 Å². The highest BCUT2D eigenvalue weighted by molar-refractivity contribution is 6.04. The van der Waals surface area contributed by atoms with Gasteiger partial charge < -0.3 is 24.3 Å². The van der Waals surface area contributed by atoms with Crippen LogP contribution in [0.2, 0.25) is 0 Å². The highest BCUT2D eigenvalue weighted by Gasteiger charge is 2.42. The summed E-state index contributed by atoms with van der Waals surface area (Å²) in [6.45, 7) is 6.12. The van der Waals surface area contributed by atoms with Crippen LogP contribution in [0.25, 0.3) is 0 Å². The number of hydrogen-bond donors (Lipinski definition) is 1. The zero-order valence-corrected chi connectivity index (χ0v) is 22.3. The first kappa shape index (κ1) is 26.3. The first-order chi connectivity index (χ1) is 17.8. The molecule has 196 valence electrons. The molecule has 1 heterocycles. The third kappa shape index (κ3) is 5.36. The Morgan fingerprint density at radius 2 is 1.65 bits per heavy atom. The van der Waals surface area contributed by atoms with Gasteiger partial charge in [0.25, 0.3) is 0 Å². The van der Waals surface area contributed by atoms with Gasteiger partial charge >= 0.3 is 5.97 Å². The van der Waals surface area contributed by atoms with E-state index in [2.05, 4.69) is 5.32 Å². The standard InChI is InChI=1S/C30H35NO6/c1-17(2)16-37-30(33)27-18(3)31-24-13-20(19-7-9-21(34-4)10-8-19)14-25(32)29(24)28(27)23-15-22(35-5)11-12-26(23)36-6/h7-12,15,17,20,28,31H,13-14,16H2,1-6H3/t20-,28-/m0/s1. The van der Waals surface area contributed by atoms with E-state index < -0.39 is 11.9 Å². The number of benzene rings is 2. The molecule has 1 aliphatic carbocycles. The number of hydrogen-bond acceptors (Lipinski definition) is 7. The number of esters is 1. The van der Waals surface area contributed by atoms with Gasteiger partial charge in [0, 0.05) is 29.0 Å². The van der Waals surface area contributed by atoms with Gasteiger partial charge in [-0.1, -0.05) is 26.0 Å². The van der Waals surface area contributed by atoms with Crippen molar-refractivity contribution in [3.63, 3.8) is 0 Å². The van der Waals surface area contributed by atoms with Crippen LogP contribution in [0.5, 0.6) is 17.2 Å². The molecule has 0 radical (unpaired) electrons. The minimum atomic E-state index is -0.634. The summed E-state index contributed by atoms with van der Waals surface area (Å²) in [6.07, 6.45) is 0.977. The summed E-state index contributed by atoms with van der Waals surface area (Å²) in [7, 11) is 4.80. The smallest absolute Gasteiger partial charge is 0.336 e. The average molecular weight is 506 g/mol. The topological polar surface area (TPSA) is 83.1 Å². The van der Waals surface area contributed by atoms with Crippen LogP contribution in [0, 0.1) is 5.92 Å². The van der Waals surface area contributed by atoms with E-state index >= 15 is 0 Å². The number of nitrogens with one attached hydrogen (secondary N) is 1. The van der Waals surface area contributed by atoms with E-state index in [0.717, 1.165) is 17.0 Å². The molecule has 2 atom stereocenters. The predicted octanol–water partition coefficient (Wildman–Crippen LogP) is 5.27. The van der Waals surface area contributed by atoms with E-state index in [1.54, 1.807) is 33.5 Å². The quantitative estimate of drug-likeness (QED) is 0.489.